The zero-order valence-electron chi connectivity index (χ0n) is 18.4. The van der Waals surface area contributed by atoms with Gasteiger partial charge in [0.1, 0.15) is 6.54 Å². The number of quaternary nitrogens is 1. The van der Waals surface area contributed by atoms with Crippen molar-refractivity contribution in [3.05, 3.63) is 90.1 Å². The number of aromatic nitrogens is 2. The second kappa shape index (κ2) is 9.48. The number of nitrogens with one attached hydrogen (secondary N) is 1. The first-order valence-corrected chi connectivity index (χ1v) is 10.8. The van der Waals surface area contributed by atoms with E-state index in [0.717, 1.165) is 0 Å². The van der Waals surface area contributed by atoms with E-state index in [9.17, 15) is 14.7 Å². The van der Waals surface area contributed by atoms with E-state index in [1.165, 1.54) is 6.20 Å². The van der Waals surface area contributed by atoms with Gasteiger partial charge in [0.05, 0.1) is 13.6 Å². The molecular formula is C25H27N4O4+. The quantitative estimate of drug-likeness (QED) is 0.425. The number of aliphatic hydroxyl groups is 1. The van der Waals surface area contributed by atoms with E-state index in [2.05, 4.69) is 15.5 Å². The summed E-state index contributed by atoms with van der Waals surface area (Å²) < 4.78 is 6.24. The lowest BCUT2D eigenvalue weighted by Crippen LogP contribution is -2.48. The summed E-state index contributed by atoms with van der Waals surface area (Å²) in [6, 6.07) is 21.0. The van der Waals surface area contributed by atoms with Crippen molar-refractivity contribution < 1.29 is 23.9 Å². The lowest BCUT2D eigenvalue weighted by Gasteiger charge is -2.30. The molecule has 3 aromatic rings. The van der Waals surface area contributed by atoms with Gasteiger partial charge < -0.3 is 19.6 Å². The van der Waals surface area contributed by atoms with Crippen LogP contribution in [0.1, 0.15) is 17.5 Å². The molecule has 1 aromatic heterocycles. The molecule has 8 nitrogen and oxygen atoms in total. The summed E-state index contributed by atoms with van der Waals surface area (Å²) in [4.78, 5) is 25.8. The maximum absolute atomic E-state index is 13.3. The average Bonchev–Trinajstić information content (AvgIpc) is 3.19. The largest absolute Gasteiger partial charge is 0.453 e. The molecule has 0 saturated carbocycles. The lowest BCUT2D eigenvalue weighted by atomic mass is 9.86. The number of likely N-dealkylation sites (N-methyl/N-ethyl adjacent to an activating group) is 1. The molecule has 2 unspecified atom stereocenters. The highest BCUT2D eigenvalue weighted by molar-refractivity contribution is 5.90. The molecule has 0 radical (unpaired) electrons. The molecule has 0 aliphatic carbocycles. The molecular weight excluding hydrogens is 420 g/mol. The predicted octanol–water partition coefficient (Wildman–Crippen LogP) is 2.11. The summed E-state index contributed by atoms with van der Waals surface area (Å²) in [5.41, 5.74) is -1.03. The first-order chi connectivity index (χ1) is 15.9. The molecule has 0 spiro atoms. The molecule has 1 aliphatic rings. The van der Waals surface area contributed by atoms with E-state index in [1.807, 2.05) is 19.2 Å². The molecule has 1 saturated heterocycles. The van der Waals surface area contributed by atoms with Crippen LogP contribution in [0.3, 0.4) is 0 Å². The topological polar surface area (TPSA) is 101 Å². The van der Waals surface area contributed by atoms with E-state index in [-0.39, 0.29) is 12.5 Å². The maximum Gasteiger partial charge on any atom is 0.348 e. The van der Waals surface area contributed by atoms with Crippen LogP contribution in [0.15, 0.2) is 79.0 Å². The van der Waals surface area contributed by atoms with Crippen LogP contribution in [0.2, 0.25) is 0 Å². The number of benzene rings is 2. The fourth-order valence-corrected chi connectivity index (χ4v) is 4.26. The third-order valence-electron chi connectivity index (χ3n) is 5.95. The lowest BCUT2D eigenvalue weighted by molar-refractivity contribution is -0.890. The van der Waals surface area contributed by atoms with Crippen LogP contribution in [0.25, 0.3) is 0 Å². The first-order valence-electron chi connectivity index (χ1n) is 10.8. The second-order valence-corrected chi connectivity index (χ2v) is 8.60. The number of nitrogens with zero attached hydrogens (tertiary/aromatic N) is 3. The van der Waals surface area contributed by atoms with Gasteiger partial charge in [0, 0.05) is 12.6 Å². The van der Waals surface area contributed by atoms with Gasteiger partial charge in [0.15, 0.2) is 18.5 Å². The van der Waals surface area contributed by atoms with E-state index in [1.54, 1.807) is 60.7 Å². The van der Waals surface area contributed by atoms with Crippen molar-refractivity contribution in [1.82, 2.24) is 10.2 Å². The molecule has 8 heteroatoms. The van der Waals surface area contributed by atoms with Gasteiger partial charge in [-0.3, -0.25) is 4.79 Å². The van der Waals surface area contributed by atoms with Gasteiger partial charge >= 0.3 is 5.97 Å². The summed E-state index contributed by atoms with van der Waals surface area (Å²) in [5.74, 6) is -0.510. The van der Waals surface area contributed by atoms with E-state index < -0.39 is 17.7 Å². The Labute approximate surface area is 192 Å². The van der Waals surface area contributed by atoms with Gasteiger partial charge in [-0.15, -0.1) is 5.10 Å². The molecule has 2 aromatic carbocycles. The fourth-order valence-electron chi connectivity index (χ4n) is 4.26. The van der Waals surface area contributed by atoms with Gasteiger partial charge in [-0.2, -0.15) is 5.10 Å². The van der Waals surface area contributed by atoms with Gasteiger partial charge in [-0.05, 0) is 23.3 Å². The van der Waals surface area contributed by atoms with Crippen LogP contribution in [0.5, 0.6) is 0 Å². The number of carbonyl (C=O) groups excluding carboxylic acids is 2. The molecule has 0 bridgehead atoms. The van der Waals surface area contributed by atoms with Crippen molar-refractivity contribution >= 4 is 17.7 Å². The predicted molar refractivity (Wildman–Crippen MR) is 122 cm³/mol. The molecule has 4 rings (SSSR count). The minimum atomic E-state index is -1.92. The number of carbonyl (C=O) groups is 2. The van der Waals surface area contributed by atoms with E-state index in [4.69, 9.17) is 4.74 Å². The zero-order chi connectivity index (χ0) is 23.3. The Bertz CT molecular complexity index is 1060. The molecule has 1 fully saturated rings. The van der Waals surface area contributed by atoms with Crippen molar-refractivity contribution in [2.45, 2.75) is 18.1 Å². The maximum atomic E-state index is 13.3. The molecule has 2 N–H and O–H groups in total. The number of rotatable bonds is 7. The van der Waals surface area contributed by atoms with Crippen LogP contribution in [0.4, 0.5) is 5.82 Å². The number of esters is 1. The monoisotopic (exact) mass is 447 g/mol. The zero-order valence-corrected chi connectivity index (χ0v) is 18.4. The first kappa shape index (κ1) is 22.6. The third kappa shape index (κ3) is 5.08. The van der Waals surface area contributed by atoms with Crippen LogP contribution < -0.4 is 5.32 Å². The van der Waals surface area contributed by atoms with Gasteiger partial charge in [-0.25, -0.2) is 4.79 Å². The van der Waals surface area contributed by atoms with Gasteiger partial charge in [0.2, 0.25) is 5.60 Å². The number of anilines is 1. The highest BCUT2D eigenvalue weighted by atomic mass is 16.6. The van der Waals surface area contributed by atoms with Crippen LogP contribution in [-0.4, -0.2) is 64.4 Å². The van der Waals surface area contributed by atoms with Gasteiger partial charge in [0.25, 0.3) is 5.91 Å². The highest BCUT2D eigenvalue weighted by Gasteiger charge is 2.45. The summed E-state index contributed by atoms with van der Waals surface area (Å²) in [6.45, 7) is 1.35. The SMILES string of the molecule is C[N+]1(CC(=O)Nc2cccnn2)CCC(OC(=O)C(O)(c2ccccc2)c2ccccc2)C1. The Morgan fingerprint density at radius 3 is 2.27 bits per heavy atom. The Kier molecular flexibility index (Phi) is 6.48. The normalized spacial score (nSPS) is 20.2. The Hall–Kier alpha value is -3.62. The number of likely N-dealkylation sites (tertiary alicyclic amines) is 1. The fraction of sp³-hybridized carbons (Fsp3) is 0.280. The number of ether oxygens (including phenoxy) is 1. The van der Waals surface area contributed by atoms with Crippen molar-refractivity contribution in [2.75, 3.05) is 32.0 Å². The second-order valence-electron chi connectivity index (χ2n) is 8.60. The molecule has 1 amide bonds. The summed E-state index contributed by atoms with van der Waals surface area (Å²) in [7, 11) is 1.95. The Balaban J connectivity index is 1.45. The smallest absolute Gasteiger partial charge is 0.348 e. The molecule has 170 valence electrons. The van der Waals surface area contributed by atoms with Crippen molar-refractivity contribution in [1.29, 1.82) is 0 Å². The van der Waals surface area contributed by atoms with E-state index in [0.29, 0.717) is 40.9 Å². The van der Waals surface area contributed by atoms with Crippen LogP contribution >= 0.6 is 0 Å². The minimum Gasteiger partial charge on any atom is -0.453 e. The third-order valence-corrected chi connectivity index (χ3v) is 5.95. The summed E-state index contributed by atoms with van der Waals surface area (Å²) >= 11 is 0. The Morgan fingerprint density at radius 2 is 1.70 bits per heavy atom. The van der Waals surface area contributed by atoms with Crippen LogP contribution in [-0.2, 0) is 19.9 Å². The highest BCUT2D eigenvalue weighted by Crippen LogP contribution is 2.32. The molecule has 2 atom stereocenters. The van der Waals surface area contributed by atoms with Gasteiger partial charge in [-0.1, -0.05) is 60.7 Å². The summed E-state index contributed by atoms with van der Waals surface area (Å²) in [6.07, 6.45) is 1.72. The van der Waals surface area contributed by atoms with Crippen molar-refractivity contribution in [3.63, 3.8) is 0 Å². The standard InChI is InChI=1S/C25H26N4O4/c1-29(18-23(30)27-22-13-8-15-26-28-22)16-14-21(17-29)33-24(31)25(32,19-9-4-2-5-10-19)20-11-6-3-7-12-20/h2-13,15,21,32H,14,16-18H2,1H3/p+1. The van der Waals surface area contributed by atoms with Crippen LogP contribution in [0, 0.1) is 0 Å². The number of hydrogen-bond donors (Lipinski definition) is 2. The minimum absolute atomic E-state index is 0.185. The number of hydrogen-bond acceptors (Lipinski definition) is 6. The molecule has 33 heavy (non-hydrogen) atoms. The molecule has 1 aliphatic heterocycles. The van der Waals surface area contributed by atoms with E-state index >= 15 is 0 Å². The average molecular weight is 448 g/mol. The number of amides is 1. The van der Waals surface area contributed by atoms with Crippen molar-refractivity contribution in [2.24, 2.45) is 0 Å². The van der Waals surface area contributed by atoms with Crippen molar-refractivity contribution in [3.8, 4) is 0 Å². The molecule has 2 heterocycles. The summed E-state index contributed by atoms with van der Waals surface area (Å²) in [5, 5.41) is 21.9. The Morgan fingerprint density at radius 1 is 1.06 bits per heavy atom.